The molecule has 1 atom stereocenters. The molecule has 0 aromatic carbocycles. The van der Waals surface area contributed by atoms with Gasteiger partial charge in [0.1, 0.15) is 0 Å². The van der Waals surface area contributed by atoms with Gasteiger partial charge in [0.15, 0.2) is 5.65 Å². The number of amides is 1. The van der Waals surface area contributed by atoms with Gasteiger partial charge in [-0.3, -0.25) is 9.48 Å². The average molecular weight is 456 g/mol. The number of halogens is 2. The predicted molar refractivity (Wildman–Crippen MR) is 124 cm³/mol. The summed E-state index contributed by atoms with van der Waals surface area (Å²) < 4.78 is 1.78. The van der Waals surface area contributed by atoms with E-state index in [9.17, 15) is 4.79 Å². The van der Waals surface area contributed by atoms with Crippen molar-refractivity contribution in [2.45, 2.75) is 19.8 Å². The quantitative estimate of drug-likeness (QED) is 0.647. The number of nitrogens with one attached hydrogen (secondary N) is 1. The van der Waals surface area contributed by atoms with Gasteiger partial charge in [-0.25, -0.2) is 4.98 Å². The summed E-state index contributed by atoms with van der Waals surface area (Å²) in [4.78, 5) is 21.4. The maximum absolute atomic E-state index is 13.5. The Balaban J connectivity index is 0.00000150. The SMILES string of the molecule is CNCC1CCCN(C(=O)c2cc(-c3cccs3)nc3c2c(C)nn3C)C1.Cl.Cl. The van der Waals surface area contributed by atoms with E-state index in [4.69, 9.17) is 4.98 Å². The van der Waals surface area contributed by atoms with Crippen LogP contribution in [0.15, 0.2) is 23.6 Å². The number of thiophene rings is 1. The number of carbonyl (C=O) groups is 1. The zero-order valence-corrected chi connectivity index (χ0v) is 19.3. The molecule has 158 valence electrons. The number of rotatable bonds is 4. The van der Waals surface area contributed by atoms with Crippen LogP contribution < -0.4 is 5.32 Å². The van der Waals surface area contributed by atoms with Gasteiger partial charge in [0.05, 0.1) is 27.2 Å². The Labute approximate surface area is 187 Å². The summed E-state index contributed by atoms with van der Waals surface area (Å²) >= 11 is 1.63. The third-order valence-corrected chi connectivity index (χ3v) is 6.16. The van der Waals surface area contributed by atoms with Crippen LogP contribution in [0.2, 0.25) is 0 Å². The van der Waals surface area contributed by atoms with Crippen molar-refractivity contribution < 1.29 is 4.79 Å². The Bertz CT molecular complexity index is 971. The van der Waals surface area contributed by atoms with Crippen LogP contribution in [0.5, 0.6) is 0 Å². The highest BCUT2D eigenvalue weighted by Crippen LogP contribution is 2.30. The van der Waals surface area contributed by atoms with E-state index in [1.165, 1.54) is 6.42 Å². The summed E-state index contributed by atoms with van der Waals surface area (Å²) in [5, 5.41) is 10.7. The van der Waals surface area contributed by atoms with Gasteiger partial charge < -0.3 is 10.2 Å². The lowest BCUT2D eigenvalue weighted by Crippen LogP contribution is -2.42. The van der Waals surface area contributed by atoms with E-state index in [2.05, 4.69) is 10.4 Å². The molecule has 0 bridgehead atoms. The fraction of sp³-hybridized carbons (Fsp3) is 0.450. The van der Waals surface area contributed by atoms with Gasteiger partial charge in [0.25, 0.3) is 5.91 Å². The number of hydrogen-bond acceptors (Lipinski definition) is 5. The van der Waals surface area contributed by atoms with Crippen molar-refractivity contribution in [3.63, 3.8) is 0 Å². The summed E-state index contributed by atoms with van der Waals surface area (Å²) in [6.45, 7) is 4.52. The summed E-state index contributed by atoms with van der Waals surface area (Å²) in [5.41, 5.74) is 3.18. The standard InChI is InChI=1S/C20H25N5OS.2ClH/c1-13-18-15(20(26)25-8-4-6-14(12-25)11-21-2)10-16(17-7-5-9-27-17)22-19(18)24(3)23-13;;/h5,7,9-10,14,21H,4,6,8,11-12H2,1-3H3;2*1H. The maximum Gasteiger partial charge on any atom is 0.254 e. The van der Waals surface area contributed by atoms with E-state index in [0.717, 1.165) is 58.9 Å². The first kappa shape index (κ1) is 23.6. The second kappa shape index (κ2) is 9.89. The zero-order valence-electron chi connectivity index (χ0n) is 16.8. The first-order valence-corrected chi connectivity index (χ1v) is 10.3. The van der Waals surface area contributed by atoms with Gasteiger partial charge in [-0.15, -0.1) is 36.2 Å². The summed E-state index contributed by atoms with van der Waals surface area (Å²) in [7, 11) is 3.86. The lowest BCUT2D eigenvalue weighted by molar-refractivity contribution is 0.0676. The van der Waals surface area contributed by atoms with E-state index in [1.807, 2.05) is 49.5 Å². The fourth-order valence-corrected chi connectivity index (χ4v) is 4.73. The molecule has 29 heavy (non-hydrogen) atoms. The normalized spacial score (nSPS) is 16.4. The smallest absolute Gasteiger partial charge is 0.254 e. The van der Waals surface area contributed by atoms with Crippen molar-refractivity contribution in [3.05, 3.63) is 34.8 Å². The second-order valence-corrected chi connectivity index (χ2v) is 8.20. The monoisotopic (exact) mass is 455 g/mol. The Morgan fingerprint density at radius 3 is 2.86 bits per heavy atom. The topological polar surface area (TPSA) is 63.1 Å². The van der Waals surface area contributed by atoms with Gasteiger partial charge in [-0.2, -0.15) is 5.10 Å². The molecule has 6 nitrogen and oxygen atoms in total. The first-order valence-electron chi connectivity index (χ1n) is 9.40. The lowest BCUT2D eigenvalue weighted by Gasteiger charge is -2.33. The van der Waals surface area contributed by atoms with E-state index in [-0.39, 0.29) is 30.7 Å². The van der Waals surface area contributed by atoms with Crippen LogP contribution in [0.25, 0.3) is 21.6 Å². The number of nitrogens with zero attached hydrogens (tertiary/aromatic N) is 4. The molecule has 4 heterocycles. The maximum atomic E-state index is 13.5. The molecule has 1 aliphatic rings. The number of carbonyl (C=O) groups excluding carboxylic acids is 1. The molecule has 1 N–H and O–H groups in total. The van der Waals surface area contributed by atoms with Crippen molar-refractivity contribution in [1.29, 1.82) is 0 Å². The third kappa shape index (κ3) is 4.58. The van der Waals surface area contributed by atoms with Crippen LogP contribution in [0.1, 0.15) is 28.9 Å². The number of aryl methyl sites for hydroxylation is 2. The van der Waals surface area contributed by atoms with Gasteiger partial charge >= 0.3 is 0 Å². The molecule has 0 aliphatic carbocycles. The molecule has 1 saturated heterocycles. The van der Waals surface area contributed by atoms with Gasteiger partial charge in [0.2, 0.25) is 0 Å². The number of hydrogen-bond donors (Lipinski definition) is 1. The summed E-state index contributed by atoms with van der Waals surface area (Å²) in [6.07, 6.45) is 2.22. The summed E-state index contributed by atoms with van der Waals surface area (Å²) in [5.74, 6) is 0.605. The highest BCUT2D eigenvalue weighted by atomic mass is 35.5. The molecule has 0 saturated carbocycles. The Hall–Kier alpha value is -1.67. The molecule has 1 unspecified atom stereocenters. The minimum Gasteiger partial charge on any atom is -0.338 e. The second-order valence-electron chi connectivity index (χ2n) is 7.26. The molecule has 1 amide bonds. The third-order valence-electron chi connectivity index (χ3n) is 5.27. The number of likely N-dealkylation sites (tertiary alicyclic amines) is 1. The Morgan fingerprint density at radius 2 is 2.17 bits per heavy atom. The predicted octanol–water partition coefficient (Wildman–Crippen LogP) is 3.92. The minimum absolute atomic E-state index is 0. The number of pyridine rings is 1. The van der Waals surface area contributed by atoms with Crippen LogP contribution in [0.4, 0.5) is 0 Å². The van der Waals surface area contributed by atoms with Crippen LogP contribution >= 0.6 is 36.2 Å². The van der Waals surface area contributed by atoms with E-state index in [1.54, 1.807) is 16.0 Å². The lowest BCUT2D eigenvalue weighted by atomic mass is 9.97. The Kier molecular flexibility index (Phi) is 8.05. The van der Waals surface area contributed by atoms with Gasteiger partial charge in [0, 0.05) is 20.1 Å². The molecule has 1 fully saturated rings. The molecule has 9 heteroatoms. The number of fused-ring (bicyclic) bond motifs is 1. The molecule has 0 spiro atoms. The molecular formula is C20H27Cl2N5OS. The van der Waals surface area contributed by atoms with Crippen molar-refractivity contribution >= 4 is 53.1 Å². The highest BCUT2D eigenvalue weighted by molar-refractivity contribution is 7.13. The van der Waals surface area contributed by atoms with Crippen molar-refractivity contribution in [2.24, 2.45) is 13.0 Å². The highest BCUT2D eigenvalue weighted by Gasteiger charge is 2.27. The Morgan fingerprint density at radius 1 is 1.38 bits per heavy atom. The summed E-state index contributed by atoms with van der Waals surface area (Å²) in [6, 6.07) is 6.00. The van der Waals surface area contributed by atoms with Gasteiger partial charge in [-0.05, 0) is 56.8 Å². The zero-order chi connectivity index (χ0) is 19.0. The van der Waals surface area contributed by atoms with Crippen LogP contribution in [0, 0.1) is 12.8 Å². The van der Waals surface area contributed by atoms with Crippen LogP contribution in [0.3, 0.4) is 0 Å². The fourth-order valence-electron chi connectivity index (χ4n) is 4.04. The largest absolute Gasteiger partial charge is 0.338 e. The average Bonchev–Trinajstić information content (AvgIpc) is 3.30. The molecule has 3 aromatic rings. The molecule has 4 rings (SSSR count). The van der Waals surface area contributed by atoms with Crippen molar-refractivity contribution in [2.75, 3.05) is 26.7 Å². The van der Waals surface area contributed by atoms with Gasteiger partial charge in [-0.1, -0.05) is 6.07 Å². The van der Waals surface area contributed by atoms with Crippen LogP contribution in [-0.4, -0.2) is 52.3 Å². The molecule has 0 radical (unpaired) electrons. The first-order chi connectivity index (χ1) is 13.1. The van der Waals surface area contributed by atoms with Crippen LogP contribution in [-0.2, 0) is 7.05 Å². The van der Waals surface area contributed by atoms with Crippen molar-refractivity contribution in [1.82, 2.24) is 25.0 Å². The molecule has 1 aliphatic heterocycles. The number of piperidine rings is 1. The number of aromatic nitrogens is 3. The molecular weight excluding hydrogens is 429 g/mol. The van der Waals surface area contributed by atoms with E-state index in [0.29, 0.717) is 5.92 Å². The minimum atomic E-state index is 0. The molecule has 3 aromatic heterocycles. The van der Waals surface area contributed by atoms with E-state index < -0.39 is 0 Å². The van der Waals surface area contributed by atoms with Crippen molar-refractivity contribution in [3.8, 4) is 10.6 Å². The van der Waals surface area contributed by atoms with E-state index >= 15 is 0 Å².